The van der Waals surface area contributed by atoms with E-state index in [-0.39, 0.29) is 11.9 Å². The molecule has 0 aromatic carbocycles. The van der Waals surface area contributed by atoms with Gasteiger partial charge in [0.15, 0.2) is 0 Å². The van der Waals surface area contributed by atoms with Crippen LogP contribution < -0.4 is 10.6 Å². The Morgan fingerprint density at radius 2 is 2.40 bits per heavy atom. The number of nitrogens with zero attached hydrogens (tertiary/aromatic N) is 4. The van der Waals surface area contributed by atoms with Crippen LogP contribution in [0.5, 0.6) is 0 Å². The van der Waals surface area contributed by atoms with Gasteiger partial charge in [0, 0.05) is 19.3 Å². The third kappa shape index (κ3) is 3.09. The molecule has 1 rings (SSSR count). The minimum Gasteiger partial charge on any atom is -0.368 e. The Kier molecular flexibility index (Phi) is 3.86. The second kappa shape index (κ2) is 5.15. The fourth-order valence-electron chi connectivity index (χ4n) is 1.30. The number of anilines is 2. The monoisotopic (exact) mass is 205 g/mol. The molecule has 0 aliphatic carbocycles. The summed E-state index contributed by atoms with van der Waals surface area (Å²) in [7, 11) is 0. The van der Waals surface area contributed by atoms with Gasteiger partial charge in [-0.25, -0.2) is 4.98 Å². The molecule has 0 saturated carbocycles. The van der Waals surface area contributed by atoms with Crippen molar-refractivity contribution in [3.63, 3.8) is 0 Å². The topological polar surface area (TPSA) is 78.8 Å². The molecule has 0 aliphatic rings. The number of hydrogen-bond donors (Lipinski definition) is 1. The minimum atomic E-state index is -0.0267. The molecule has 0 amide bonds. The summed E-state index contributed by atoms with van der Waals surface area (Å²) in [4.78, 5) is 9.95. The zero-order valence-electron chi connectivity index (χ0n) is 9.01. The number of nitrogens with two attached hydrogens (primary N) is 1. The van der Waals surface area contributed by atoms with Crippen molar-refractivity contribution < 1.29 is 0 Å². The van der Waals surface area contributed by atoms with Crippen LogP contribution in [0.15, 0.2) is 12.3 Å². The minimum absolute atomic E-state index is 0.0267. The van der Waals surface area contributed by atoms with Gasteiger partial charge in [-0.05, 0) is 19.9 Å². The molecule has 1 unspecified atom stereocenters. The number of nitriles is 1. The van der Waals surface area contributed by atoms with Crippen molar-refractivity contribution in [2.45, 2.75) is 13.8 Å². The molecule has 1 aromatic heterocycles. The average molecular weight is 205 g/mol. The van der Waals surface area contributed by atoms with E-state index in [1.54, 1.807) is 12.3 Å². The van der Waals surface area contributed by atoms with Crippen molar-refractivity contribution in [2.24, 2.45) is 5.92 Å². The van der Waals surface area contributed by atoms with Gasteiger partial charge in [-0.15, -0.1) is 0 Å². The van der Waals surface area contributed by atoms with E-state index < -0.39 is 0 Å². The lowest BCUT2D eigenvalue weighted by atomic mass is 10.2. The lowest BCUT2D eigenvalue weighted by molar-refractivity contribution is 0.679. The van der Waals surface area contributed by atoms with Crippen LogP contribution in [0.25, 0.3) is 0 Å². The van der Waals surface area contributed by atoms with Gasteiger partial charge in [-0.3, -0.25) is 0 Å². The van der Waals surface area contributed by atoms with Gasteiger partial charge in [-0.1, -0.05) is 0 Å². The molecule has 80 valence electrons. The van der Waals surface area contributed by atoms with Crippen molar-refractivity contribution in [1.82, 2.24) is 9.97 Å². The predicted molar refractivity (Wildman–Crippen MR) is 59.1 cm³/mol. The Bertz CT molecular complexity index is 357. The number of nitrogen functional groups attached to an aromatic ring is 1. The fourth-order valence-corrected chi connectivity index (χ4v) is 1.30. The molecule has 0 aliphatic heterocycles. The first kappa shape index (κ1) is 11.2. The Morgan fingerprint density at radius 3 is 2.93 bits per heavy atom. The quantitative estimate of drug-likeness (QED) is 0.794. The van der Waals surface area contributed by atoms with E-state index in [0.717, 1.165) is 12.4 Å². The Morgan fingerprint density at radius 1 is 1.67 bits per heavy atom. The van der Waals surface area contributed by atoms with E-state index in [1.165, 1.54) is 0 Å². The van der Waals surface area contributed by atoms with Crippen LogP contribution in [0.1, 0.15) is 13.8 Å². The SMILES string of the molecule is CCN(CC(C)C#N)c1ccnc(N)n1. The number of aromatic nitrogens is 2. The third-order valence-corrected chi connectivity index (χ3v) is 2.08. The Balaban J connectivity index is 2.79. The third-order valence-electron chi connectivity index (χ3n) is 2.08. The summed E-state index contributed by atoms with van der Waals surface area (Å²) >= 11 is 0. The lowest BCUT2D eigenvalue weighted by Gasteiger charge is -2.22. The van der Waals surface area contributed by atoms with Gasteiger partial charge in [0.25, 0.3) is 0 Å². The van der Waals surface area contributed by atoms with Gasteiger partial charge in [0.1, 0.15) is 5.82 Å². The standard InChI is InChI=1S/C10H15N5/c1-3-15(7-8(2)6-11)9-4-5-13-10(12)14-9/h4-5,8H,3,7H2,1-2H3,(H2,12,13,14). The van der Waals surface area contributed by atoms with Gasteiger partial charge in [-0.2, -0.15) is 10.2 Å². The summed E-state index contributed by atoms with van der Waals surface area (Å²) in [5, 5.41) is 8.75. The number of hydrogen-bond acceptors (Lipinski definition) is 5. The summed E-state index contributed by atoms with van der Waals surface area (Å²) in [6, 6.07) is 3.99. The lowest BCUT2D eigenvalue weighted by Crippen LogP contribution is -2.28. The maximum Gasteiger partial charge on any atom is 0.221 e. The summed E-state index contributed by atoms with van der Waals surface area (Å²) < 4.78 is 0. The average Bonchev–Trinajstić information content (AvgIpc) is 2.25. The van der Waals surface area contributed by atoms with Crippen molar-refractivity contribution in [1.29, 1.82) is 5.26 Å². The molecule has 2 N–H and O–H groups in total. The molecule has 0 radical (unpaired) electrons. The van der Waals surface area contributed by atoms with Gasteiger partial charge in [0.05, 0.1) is 12.0 Å². The molecule has 1 heterocycles. The zero-order chi connectivity index (χ0) is 11.3. The number of rotatable bonds is 4. The smallest absolute Gasteiger partial charge is 0.221 e. The predicted octanol–water partition coefficient (Wildman–Crippen LogP) is 1.04. The van der Waals surface area contributed by atoms with Crippen LogP contribution in [0, 0.1) is 17.2 Å². The van der Waals surface area contributed by atoms with E-state index >= 15 is 0 Å². The summed E-state index contributed by atoms with van der Waals surface area (Å²) in [5.41, 5.74) is 5.50. The van der Waals surface area contributed by atoms with Crippen molar-refractivity contribution in [3.8, 4) is 6.07 Å². The molecule has 1 aromatic rings. The zero-order valence-corrected chi connectivity index (χ0v) is 9.01. The van der Waals surface area contributed by atoms with Crippen LogP contribution in [0.2, 0.25) is 0 Å². The highest BCUT2D eigenvalue weighted by molar-refractivity contribution is 5.40. The van der Waals surface area contributed by atoms with E-state index in [2.05, 4.69) is 16.0 Å². The van der Waals surface area contributed by atoms with Crippen molar-refractivity contribution in [3.05, 3.63) is 12.3 Å². The van der Waals surface area contributed by atoms with Gasteiger partial charge < -0.3 is 10.6 Å². The second-order valence-electron chi connectivity index (χ2n) is 3.34. The van der Waals surface area contributed by atoms with E-state index in [0.29, 0.717) is 6.54 Å². The second-order valence-corrected chi connectivity index (χ2v) is 3.34. The van der Waals surface area contributed by atoms with Crippen LogP contribution in [0.3, 0.4) is 0 Å². The molecular formula is C10H15N5. The van der Waals surface area contributed by atoms with E-state index in [4.69, 9.17) is 11.0 Å². The molecule has 5 nitrogen and oxygen atoms in total. The molecular weight excluding hydrogens is 190 g/mol. The maximum atomic E-state index is 8.75. The van der Waals surface area contributed by atoms with Crippen LogP contribution in [-0.4, -0.2) is 23.1 Å². The summed E-state index contributed by atoms with van der Waals surface area (Å²) in [6.07, 6.45) is 1.62. The first-order valence-electron chi connectivity index (χ1n) is 4.90. The van der Waals surface area contributed by atoms with E-state index in [1.807, 2.05) is 18.7 Å². The normalized spacial score (nSPS) is 11.8. The Labute approximate surface area is 89.6 Å². The highest BCUT2D eigenvalue weighted by Gasteiger charge is 2.10. The molecule has 15 heavy (non-hydrogen) atoms. The van der Waals surface area contributed by atoms with Gasteiger partial charge in [0.2, 0.25) is 5.95 Å². The van der Waals surface area contributed by atoms with Crippen molar-refractivity contribution in [2.75, 3.05) is 23.7 Å². The van der Waals surface area contributed by atoms with E-state index in [9.17, 15) is 0 Å². The van der Waals surface area contributed by atoms with Crippen LogP contribution >= 0.6 is 0 Å². The van der Waals surface area contributed by atoms with Crippen molar-refractivity contribution >= 4 is 11.8 Å². The Hall–Kier alpha value is -1.83. The molecule has 0 fully saturated rings. The maximum absolute atomic E-state index is 8.75. The molecule has 1 atom stereocenters. The molecule has 0 spiro atoms. The molecule has 5 heteroatoms. The molecule has 0 saturated heterocycles. The first-order chi connectivity index (χ1) is 7.17. The van der Waals surface area contributed by atoms with Crippen LogP contribution in [0.4, 0.5) is 11.8 Å². The highest BCUT2D eigenvalue weighted by atomic mass is 15.2. The largest absolute Gasteiger partial charge is 0.368 e. The first-order valence-corrected chi connectivity index (χ1v) is 4.90. The molecule has 0 bridgehead atoms. The highest BCUT2D eigenvalue weighted by Crippen LogP contribution is 2.12. The fraction of sp³-hybridized carbons (Fsp3) is 0.500. The van der Waals surface area contributed by atoms with Crippen LogP contribution in [-0.2, 0) is 0 Å². The summed E-state index contributed by atoms with van der Waals surface area (Å²) in [6.45, 7) is 5.35. The summed E-state index contributed by atoms with van der Waals surface area (Å²) in [5.74, 6) is 1.00. The van der Waals surface area contributed by atoms with Gasteiger partial charge >= 0.3 is 0 Å².